The van der Waals surface area contributed by atoms with Gasteiger partial charge in [-0.2, -0.15) is 0 Å². The first-order valence-electron chi connectivity index (χ1n) is 8.20. The van der Waals surface area contributed by atoms with Gasteiger partial charge < -0.3 is 0 Å². The first kappa shape index (κ1) is 15.7. The quantitative estimate of drug-likeness (QED) is 0.375. The molecule has 1 aromatic heterocycles. The normalized spacial score (nSPS) is 11.4. The zero-order valence-electron chi connectivity index (χ0n) is 14.3. The molecule has 0 unspecified atom stereocenters. The van der Waals surface area contributed by atoms with Gasteiger partial charge in [0.1, 0.15) is 11.6 Å². The van der Waals surface area contributed by atoms with Gasteiger partial charge in [0, 0.05) is 28.6 Å². The maximum absolute atomic E-state index is 14.2. The van der Waals surface area contributed by atoms with Crippen molar-refractivity contribution in [3.63, 3.8) is 0 Å². The van der Waals surface area contributed by atoms with Gasteiger partial charge in [0.05, 0.1) is 5.69 Å². The Bertz CT molecular complexity index is 1130. The lowest BCUT2D eigenvalue weighted by Crippen LogP contribution is -1.93. The van der Waals surface area contributed by atoms with Crippen LogP contribution < -0.4 is 0 Å². The highest BCUT2D eigenvalue weighted by Crippen LogP contribution is 2.35. The maximum atomic E-state index is 14.2. The van der Waals surface area contributed by atoms with Crippen LogP contribution in [0.3, 0.4) is 0 Å². The number of hydrogen-bond acceptors (Lipinski definition) is 1. The second kappa shape index (κ2) is 5.62. The minimum atomic E-state index is -0.568. The minimum absolute atomic E-state index is 0.426. The van der Waals surface area contributed by atoms with Crippen molar-refractivity contribution >= 4 is 21.5 Å². The van der Waals surface area contributed by atoms with Crippen LogP contribution >= 0.6 is 0 Å². The molecule has 0 bridgehead atoms. The predicted molar refractivity (Wildman–Crippen MR) is 98.8 cm³/mol. The summed E-state index contributed by atoms with van der Waals surface area (Å²) in [6.07, 6.45) is 1.78. The van der Waals surface area contributed by atoms with E-state index in [-0.39, 0.29) is 0 Å². The highest BCUT2D eigenvalue weighted by molar-refractivity contribution is 6.12. The molecule has 4 aromatic rings. The molecule has 1 heterocycles. The number of pyridine rings is 1. The van der Waals surface area contributed by atoms with Crippen molar-refractivity contribution in [2.45, 2.75) is 20.8 Å². The average molecular weight is 333 g/mol. The summed E-state index contributed by atoms with van der Waals surface area (Å²) in [7, 11) is 0. The lowest BCUT2D eigenvalue weighted by molar-refractivity contribution is 0.592. The number of nitrogens with zero attached hydrogens (tertiary/aromatic N) is 1. The Hall–Kier alpha value is -2.81. The Morgan fingerprint density at radius 3 is 2.16 bits per heavy atom. The smallest absolute Gasteiger partial charge is 0.133 e. The summed E-state index contributed by atoms with van der Waals surface area (Å²) < 4.78 is 28.0. The average Bonchev–Trinajstić information content (AvgIpc) is 2.53. The Morgan fingerprint density at radius 1 is 0.760 bits per heavy atom. The molecule has 0 atom stereocenters. The number of benzene rings is 3. The van der Waals surface area contributed by atoms with Crippen LogP contribution in [0.15, 0.2) is 48.7 Å². The van der Waals surface area contributed by atoms with Crippen molar-refractivity contribution in [2.24, 2.45) is 0 Å². The van der Waals surface area contributed by atoms with Crippen LogP contribution in [0.25, 0.3) is 32.8 Å². The lowest BCUT2D eigenvalue weighted by Gasteiger charge is -2.13. The van der Waals surface area contributed by atoms with Crippen molar-refractivity contribution in [2.75, 3.05) is 0 Å². The molecule has 0 N–H and O–H groups in total. The van der Waals surface area contributed by atoms with Crippen LogP contribution in [-0.2, 0) is 0 Å². The van der Waals surface area contributed by atoms with Gasteiger partial charge in [-0.15, -0.1) is 0 Å². The van der Waals surface area contributed by atoms with E-state index in [1.807, 2.05) is 26.8 Å². The third kappa shape index (κ3) is 2.56. The highest BCUT2D eigenvalue weighted by Gasteiger charge is 2.14. The Labute approximate surface area is 144 Å². The van der Waals surface area contributed by atoms with Crippen LogP contribution in [0.1, 0.15) is 16.7 Å². The molecular formula is C22H17F2N. The largest absolute Gasteiger partial charge is 0.255 e. The van der Waals surface area contributed by atoms with E-state index in [1.165, 1.54) is 6.07 Å². The van der Waals surface area contributed by atoms with Gasteiger partial charge in [-0.05, 0) is 55.3 Å². The molecule has 0 aliphatic heterocycles. The predicted octanol–water partition coefficient (Wildman–Crippen LogP) is 6.26. The van der Waals surface area contributed by atoms with Crippen molar-refractivity contribution in [3.8, 4) is 11.3 Å². The Morgan fingerprint density at radius 2 is 1.44 bits per heavy atom. The number of fused-ring (bicyclic) bond motifs is 3. The summed E-state index contributed by atoms with van der Waals surface area (Å²) in [6.45, 7) is 6.02. The van der Waals surface area contributed by atoms with E-state index in [0.29, 0.717) is 10.8 Å². The van der Waals surface area contributed by atoms with E-state index in [2.05, 4.69) is 23.2 Å². The summed E-state index contributed by atoms with van der Waals surface area (Å²) in [6, 6.07) is 12.2. The zero-order valence-corrected chi connectivity index (χ0v) is 14.3. The van der Waals surface area contributed by atoms with E-state index < -0.39 is 11.6 Å². The van der Waals surface area contributed by atoms with E-state index in [1.54, 1.807) is 12.3 Å². The molecule has 0 saturated heterocycles. The third-order valence-electron chi connectivity index (χ3n) is 4.58. The summed E-state index contributed by atoms with van der Waals surface area (Å²) in [5, 5.41) is 2.76. The molecule has 1 nitrogen and oxygen atoms in total. The van der Waals surface area contributed by atoms with Crippen LogP contribution in [0.2, 0.25) is 0 Å². The van der Waals surface area contributed by atoms with Crippen LogP contribution in [0.5, 0.6) is 0 Å². The molecule has 4 rings (SSSR count). The van der Waals surface area contributed by atoms with Crippen molar-refractivity contribution in [1.82, 2.24) is 4.98 Å². The minimum Gasteiger partial charge on any atom is -0.255 e. The fourth-order valence-electron chi connectivity index (χ4n) is 3.62. The van der Waals surface area contributed by atoms with Gasteiger partial charge in [0.25, 0.3) is 0 Å². The van der Waals surface area contributed by atoms with Crippen LogP contribution in [-0.4, -0.2) is 4.98 Å². The van der Waals surface area contributed by atoms with Gasteiger partial charge in [-0.3, -0.25) is 4.98 Å². The number of aromatic nitrogens is 1. The Balaban J connectivity index is 2.15. The number of aryl methyl sites for hydroxylation is 3. The van der Waals surface area contributed by atoms with Gasteiger partial charge in [0.2, 0.25) is 0 Å². The SMILES string of the molecule is Cc1cc(C)cc(-c2ncc(C)c3c2ccc2c(F)cc(F)cc23)c1. The molecule has 124 valence electrons. The molecule has 0 aliphatic carbocycles. The van der Waals surface area contributed by atoms with E-state index >= 15 is 0 Å². The van der Waals surface area contributed by atoms with Crippen LogP contribution in [0, 0.1) is 32.4 Å². The molecule has 0 aliphatic rings. The second-order valence-electron chi connectivity index (χ2n) is 6.64. The molecule has 0 fully saturated rings. The summed E-state index contributed by atoms with van der Waals surface area (Å²) in [4.78, 5) is 4.62. The molecule has 0 spiro atoms. The fraction of sp³-hybridized carbons (Fsp3) is 0.136. The Kier molecular flexibility index (Phi) is 3.53. The molecule has 0 saturated carbocycles. The van der Waals surface area contributed by atoms with Crippen molar-refractivity contribution in [1.29, 1.82) is 0 Å². The molecule has 3 aromatic carbocycles. The van der Waals surface area contributed by atoms with Crippen molar-refractivity contribution < 1.29 is 8.78 Å². The van der Waals surface area contributed by atoms with E-state index in [4.69, 9.17) is 0 Å². The molecular weight excluding hydrogens is 316 g/mol. The first-order valence-corrected chi connectivity index (χ1v) is 8.20. The monoisotopic (exact) mass is 333 g/mol. The number of hydrogen-bond donors (Lipinski definition) is 0. The lowest BCUT2D eigenvalue weighted by atomic mass is 9.95. The van der Waals surface area contributed by atoms with Gasteiger partial charge >= 0.3 is 0 Å². The molecule has 25 heavy (non-hydrogen) atoms. The first-order chi connectivity index (χ1) is 11.9. The standard InChI is InChI=1S/C22H17F2N/c1-12-6-13(2)8-15(7-12)22-18-5-4-17-19(9-16(23)10-20(17)24)21(18)14(3)11-25-22/h4-11H,1-3H3. The van der Waals surface area contributed by atoms with E-state index in [9.17, 15) is 8.78 Å². The fourth-order valence-corrected chi connectivity index (χ4v) is 3.62. The highest BCUT2D eigenvalue weighted by atomic mass is 19.1. The number of rotatable bonds is 1. The number of halogens is 2. The van der Waals surface area contributed by atoms with Gasteiger partial charge in [-0.1, -0.05) is 29.3 Å². The maximum Gasteiger partial charge on any atom is 0.133 e. The molecule has 3 heteroatoms. The second-order valence-corrected chi connectivity index (χ2v) is 6.64. The molecule has 0 amide bonds. The molecule has 0 radical (unpaired) electrons. The topological polar surface area (TPSA) is 12.9 Å². The third-order valence-corrected chi connectivity index (χ3v) is 4.58. The summed E-state index contributed by atoms with van der Waals surface area (Å²) in [5.74, 6) is -1.11. The summed E-state index contributed by atoms with van der Waals surface area (Å²) >= 11 is 0. The zero-order chi connectivity index (χ0) is 17.7. The van der Waals surface area contributed by atoms with Gasteiger partial charge in [-0.25, -0.2) is 8.78 Å². The van der Waals surface area contributed by atoms with Gasteiger partial charge in [0.15, 0.2) is 0 Å². The summed E-state index contributed by atoms with van der Waals surface area (Å²) in [5.41, 5.74) is 5.06. The van der Waals surface area contributed by atoms with E-state index in [0.717, 1.165) is 44.8 Å². The van der Waals surface area contributed by atoms with Crippen LogP contribution in [0.4, 0.5) is 8.78 Å². The van der Waals surface area contributed by atoms with Crippen molar-refractivity contribution in [3.05, 3.63) is 77.0 Å².